The number of benzene rings is 2. The summed E-state index contributed by atoms with van der Waals surface area (Å²) in [6.07, 6.45) is 1.71. The minimum atomic E-state index is -0.415. The summed E-state index contributed by atoms with van der Waals surface area (Å²) in [6, 6.07) is 16.4. The molecule has 0 spiro atoms. The molecule has 1 amide bonds. The van der Waals surface area contributed by atoms with Gasteiger partial charge in [0.15, 0.2) is 5.75 Å². The summed E-state index contributed by atoms with van der Waals surface area (Å²) in [6.45, 7) is 2.03. The van der Waals surface area contributed by atoms with E-state index in [2.05, 4.69) is 10.3 Å². The lowest BCUT2D eigenvalue weighted by Crippen LogP contribution is -2.29. The van der Waals surface area contributed by atoms with Crippen LogP contribution >= 0.6 is 22.9 Å². The van der Waals surface area contributed by atoms with Crippen molar-refractivity contribution >= 4 is 39.7 Å². The van der Waals surface area contributed by atoms with Gasteiger partial charge in [-0.15, -0.1) is 11.3 Å². The van der Waals surface area contributed by atoms with E-state index >= 15 is 0 Å². The predicted molar refractivity (Wildman–Crippen MR) is 118 cm³/mol. The molecule has 1 N–H and O–H groups in total. The van der Waals surface area contributed by atoms with Crippen molar-refractivity contribution in [2.75, 3.05) is 7.11 Å². The van der Waals surface area contributed by atoms with E-state index in [9.17, 15) is 4.79 Å². The van der Waals surface area contributed by atoms with E-state index in [1.165, 1.54) is 0 Å². The number of hydrogen-bond acceptors (Lipinski definition) is 4. The van der Waals surface area contributed by atoms with E-state index in [0.717, 1.165) is 21.4 Å². The number of methoxy groups -OCH3 is 1. The average molecular weight is 423 g/mol. The molecule has 2 heterocycles. The van der Waals surface area contributed by atoms with Gasteiger partial charge in [-0.2, -0.15) is 0 Å². The average Bonchev–Trinajstić information content (AvgIpc) is 3.18. The molecule has 6 heteroatoms. The summed E-state index contributed by atoms with van der Waals surface area (Å²) in [5.74, 6) is 0.443. The van der Waals surface area contributed by atoms with Gasteiger partial charge < -0.3 is 10.1 Å². The molecule has 0 saturated heterocycles. The zero-order chi connectivity index (χ0) is 20.4. The molecule has 0 saturated carbocycles. The summed E-state index contributed by atoms with van der Waals surface area (Å²) in [5.41, 5.74) is 3.13. The van der Waals surface area contributed by atoms with Crippen molar-refractivity contribution in [3.63, 3.8) is 0 Å². The maximum atomic E-state index is 13.0. The summed E-state index contributed by atoms with van der Waals surface area (Å²) in [5, 5.41) is 6.56. The highest BCUT2D eigenvalue weighted by molar-refractivity contribution is 7.10. The lowest BCUT2D eigenvalue weighted by molar-refractivity contribution is 0.0943. The summed E-state index contributed by atoms with van der Waals surface area (Å²) >= 11 is 8.17. The highest BCUT2D eigenvalue weighted by Crippen LogP contribution is 2.41. The summed E-state index contributed by atoms with van der Waals surface area (Å²) in [7, 11) is 1.61. The second kappa shape index (κ2) is 8.23. The molecule has 0 aliphatic heterocycles. The molecule has 0 fully saturated rings. The van der Waals surface area contributed by atoms with Crippen LogP contribution in [0.15, 0.2) is 66.2 Å². The van der Waals surface area contributed by atoms with Crippen molar-refractivity contribution in [2.24, 2.45) is 0 Å². The van der Waals surface area contributed by atoms with Crippen molar-refractivity contribution in [1.82, 2.24) is 10.3 Å². The molecule has 4 aromatic rings. The fourth-order valence-corrected chi connectivity index (χ4v) is 4.66. The van der Waals surface area contributed by atoms with E-state index in [-0.39, 0.29) is 5.91 Å². The Morgan fingerprint density at radius 1 is 1.17 bits per heavy atom. The van der Waals surface area contributed by atoms with Gasteiger partial charge in [-0.1, -0.05) is 29.8 Å². The third kappa shape index (κ3) is 3.71. The number of thiophene rings is 1. The summed E-state index contributed by atoms with van der Waals surface area (Å²) < 4.78 is 5.75. The Morgan fingerprint density at radius 3 is 2.66 bits per heavy atom. The first-order valence-corrected chi connectivity index (χ1v) is 10.4. The molecule has 1 unspecified atom stereocenters. The lowest BCUT2D eigenvalue weighted by atomic mass is 9.99. The van der Waals surface area contributed by atoms with E-state index < -0.39 is 6.04 Å². The van der Waals surface area contributed by atoms with E-state index in [4.69, 9.17) is 16.3 Å². The first kappa shape index (κ1) is 19.4. The molecule has 0 radical (unpaired) electrons. The van der Waals surface area contributed by atoms with Crippen LogP contribution in [0.5, 0.6) is 5.75 Å². The quantitative estimate of drug-likeness (QED) is 0.443. The number of ether oxygens (including phenoxy) is 1. The Morgan fingerprint density at radius 2 is 1.97 bits per heavy atom. The van der Waals surface area contributed by atoms with Gasteiger partial charge in [-0.25, -0.2) is 0 Å². The normalized spacial score (nSPS) is 12.0. The van der Waals surface area contributed by atoms with Gasteiger partial charge >= 0.3 is 0 Å². The Balaban J connectivity index is 1.88. The van der Waals surface area contributed by atoms with Gasteiger partial charge in [0, 0.05) is 27.6 Å². The molecular weight excluding hydrogens is 404 g/mol. The summed E-state index contributed by atoms with van der Waals surface area (Å²) in [4.78, 5) is 18.5. The number of nitrogens with one attached hydrogen (secondary N) is 1. The minimum absolute atomic E-state index is 0.164. The molecule has 0 bridgehead atoms. The Kier molecular flexibility index (Phi) is 5.51. The monoisotopic (exact) mass is 422 g/mol. The number of fused-ring (bicyclic) bond motifs is 1. The Hall–Kier alpha value is -2.89. The van der Waals surface area contributed by atoms with E-state index in [1.54, 1.807) is 36.8 Å². The van der Waals surface area contributed by atoms with Crippen LogP contribution in [-0.2, 0) is 0 Å². The first-order chi connectivity index (χ1) is 14.1. The Bertz CT molecular complexity index is 1170. The van der Waals surface area contributed by atoms with Crippen LogP contribution in [0, 0.1) is 6.92 Å². The number of aromatic nitrogens is 1. The van der Waals surface area contributed by atoms with Crippen LogP contribution in [0.25, 0.3) is 10.9 Å². The third-order valence-corrected chi connectivity index (χ3v) is 6.21. The Labute approximate surface area is 178 Å². The standard InChI is InChI=1S/C23H19ClN2O2S/c1-14-10-12-29-22(14)20(26-23(27)15-7-4-3-5-8-15)17-13-18(24)16-9-6-11-25-19(16)21(17)28-2/h3-13,20H,1-2H3,(H,26,27). The smallest absolute Gasteiger partial charge is 0.252 e. The third-order valence-electron chi connectivity index (χ3n) is 4.81. The molecule has 2 aromatic heterocycles. The van der Waals surface area contributed by atoms with Crippen molar-refractivity contribution in [2.45, 2.75) is 13.0 Å². The van der Waals surface area contributed by atoms with Gasteiger partial charge in [0.2, 0.25) is 0 Å². The van der Waals surface area contributed by atoms with Crippen LogP contribution in [0.4, 0.5) is 0 Å². The highest BCUT2D eigenvalue weighted by atomic mass is 35.5. The number of halogens is 1. The number of hydrogen-bond donors (Lipinski definition) is 1. The van der Waals surface area contributed by atoms with Gasteiger partial charge in [-0.05, 0) is 54.3 Å². The molecule has 29 heavy (non-hydrogen) atoms. The number of carbonyl (C=O) groups excluding carboxylic acids is 1. The molecule has 4 nitrogen and oxygen atoms in total. The van der Waals surface area contributed by atoms with Gasteiger partial charge in [0.1, 0.15) is 5.52 Å². The zero-order valence-electron chi connectivity index (χ0n) is 16.0. The van der Waals surface area contributed by atoms with Crippen molar-refractivity contribution < 1.29 is 9.53 Å². The molecule has 2 aromatic carbocycles. The molecule has 0 aliphatic rings. The maximum Gasteiger partial charge on any atom is 0.252 e. The number of amides is 1. The fourth-order valence-electron chi connectivity index (χ4n) is 3.39. The van der Waals surface area contributed by atoms with Crippen LogP contribution in [0.1, 0.15) is 32.4 Å². The van der Waals surface area contributed by atoms with Gasteiger partial charge in [0.25, 0.3) is 5.91 Å². The van der Waals surface area contributed by atoms with Gasteiger partial charge in [-0.3, -0.25) is 9.78 Å². The lowest BCUT2D eigenvalue weighted by Gasteiger charge is -2.23. The number of pyridine rings is 1. The predicted octanol–water partition coefficient (Wildman–Crippen LogP) is 5.79. The number of nitrogens with zero attached hydrogens (tertiary/aromatic N) is 1. The van der Waals surface area contributed by atoms with E-state index in [1.807, 2.05) is 54.8 Å². The minimum Gasteiger partial charge on any atom is -0.494 e. The fraction of sp³-hybridized carbons (Fsp3) is 0.130. The van der Waals surface area contributed by atoms with Crippen LogP contribution in [0.2, 0.25) is 5.02 Å². The second-order valence-electron chi connectivity index (χ2n) is 6.62. The number of aryl methyl sites for hydroxylation is 1. The van der Waals surface area contributed by atoms with Gasteiger partial charge in [0.05, 0.1) is 18.2 Å². The highest BCUT2D eigenvalue weighted by Gasteiger charge is 2.26. The number of rotatable bonds is 5. The van der Waals surface area contributed by atoms with E-state index in [0.29, 0.717) is 21.9 Å². The maximum absolute atomic E-state index is 13.0. The SMILES string of the molecule is COc1c(C(NC(=O)c2ccccc2)c2sccc2C)cc(Cl)c2cccnc12. The molecule has 146 valence electrons. The van der Waals surface area contributed by atoms with Crippen LogP contribution in [0.3, 0.4) is 0 Å². The molecular formula is C23H19ClN2O2S. The number of carbonyl (C=O) groups is 1. The topological polar surface area (TPSA) is 51.2 Å². The molecule has 4 rings (SSSR count). The van der Waals surface area contributed by atoms with Crippen molar-refractivity contribution in [3.8, 4) is 5.75 Å². The van der Waals surface area contributed by atoms with Crippen molar-refractivity contribution in [3.05, 3.63) is 92.8 Å². The first-order valence-electron chi connectivity index (χ1n) is 9.11. The second-order valence-corrected chi connectivity index (χ2v) is 7.98. The largest absolute Gasteiger partial charge is 0.494 e. The van der Waals surface area contributed by atoms with Crippen LogP contribution < -0.4 is 10.1 Å². The zero-order valence-corrected chi connectivity index (χ0v) is 17.6. The van der Waals surface area contributed by atoms with Crippen molar-refractivity contribution in [1.29, 1.82) is 0 Å². The molecule has 1 atom stereocenters. The van der Waals surface area contributed by atoms with Crippen LogP contribution in [-0.4, -0.2) is 18.0 Å². The molecule has 0 aliphatic carbocycles.